The van der Waals surface area contributed by atoms with Crippen LogP contribution in [0.1, 0.15) is 18.1 Å². The number of rotatable bonds is 1. The number of phenols is 1. The molecular formula is C16H12O3. The molecule has 19 heavy (non-hydrogen) atoms. The van der Waals surface area contributed by atoms with Crippen LogP contribution in [0.15, 0.2) is 48.5 Å². The second-order valence-electron chi connectivity index (χ2n) is 3.92. The number of hydrogen-bond acceptors (Lipinski definition) is 3. The Morgan fingerprint density at radius 2 is 1.74 bits per heavy atom. The molecule has 2 rings (SSSR count). The lowest BCUT2D eigenvalue weighted by atomic mass is 10.2. The molecule has 94 valence electrons. The van der Waals surface area contributed by atoms with Crippen LogP contribution in [-0.2, 0) is 4.79 Å². The topological polar surface area (TPSA) is 46.5 Å². The van der Waals surface area contributed by atoms with Gasteiger partial charge >= 0.3 is 5.97 Å². The van der Waals surface area contributed by atoms with Gasteiger partial charge in [0.15, 0.2) is 0 Å². The zero-order chi connectivity index (χ0) is 13.7. The smallest absolute Gasteiger partial charge is 0.308 e. The number of hydrogen-bond donors (Lipinski definition) is 1. The van der Waals surface area contributed by atoms with Crippen LogP contribution in [0.25, 0.3) is 0 Å². The summed E-state index contributed by atoms with van der Waals surface area (Å²) in [5.74, 6) is 6.27. The van der Waals surface area contributed by atoms with E-state index in [1.54, 1.807) is 42.5 Å². The van der Waals surface area contributed by atoms with Gasteiger partial charge < -0.3 is 9.84 Å². The fourth-order valence-electron chi connectivity index (χ4n) is 1.49. The Morgan fingerprint density at radius 1 is 1.05 bits per heavy atom. The minimum Gasteiger partial charge on any atom is -0.508 e. The van der Waals surface area contributed by atoms with Gasteiger partial charge in [0.25, 0.3) is 0 Å². The van der Waals surface area contributed by atoms with Crippen molar-refractivity contribution in [1.82, 2.24) is 0 Å². The number of aromatic hydroxyl groups is 1. The normalized spacial score (nSPS) is 9.32. The van der Waals surface area contributed by atoms with Crippen LogP contribution in [0.5, 0.6) is 11.5 Å². The van der Waals surface area contributed by atoms with E-state index in [-0.39, 0.29) is 11.7 Å². The van der Waals surface area contributed by atoms with Crippen LogP contribution in [0.3, 0.4) is 0 Å². The van der Waals surface area contributed by atoms with Gasteiger partial charge in [-0.2, -0.15) is 0 Å². The molecule has 0 bridgehead atoms. The summed E-state index contributed by atoms with van der Waals surface area (Å²) in [5, 5.41) is 9.17. The molecule has 0 aliphatic carbocycles. The average molecular weight is 252 g/mol. The quantitative estimate of drug-likeness (QED) is 0.482. The molecule has 0 unspecified atom stereocenters. The third-order valence-corrected chi connectivity index (χ3v) is 2.31. The second-order valence-corrected chi connectivity index (χ2v) is 3.92. The van der Waals surface area contributed by atoms with Gasteiger partial charge in [0, 0.05) is 18.1 Å². The predicted molar refractivity (Wildman–Crippen MR) is 71.8 cm³/mol. The SMILES string of the molecule is CC(=O)Oc1cccc(C#Cc2ccc(O)cc2)c1. The Bertz CT molecular complexity index is 646. The Kier molecular flexibility index (Phi) is 3.84. The highest BCUT2D eigenvalue weighted by Crippen LogP contribution is 2.13. The lowest BCUT2D eigenvalue weighted by molar-refractivity contribution is -0.131. The van der Waals surface area contributed by atoms with Crippen molar-refractivity contribution in [3.63, 3.8) is 0 Å². The maximum absolute atomic E-state index is 10.9. The lowest BCUT2D eigenvalue weighted by Crippen LogP contribution is -2.01. The minimum absolute atomic E-state index is 0.211. The van der Waals surface area contributed by atoms with Crippen LogP contribution < -0.4 is 4.74 Å². The minimum atomic E-state index is -0.358. The van der Waals surface area contributed by atoms with Gasteiger partial charge in [-0.3, -0.25) is 4.79 Å². The molecule has 0 fully saturated rings. The standard InChI is InChI=1S/C16H12O3/c1-12(17)19-16-4-2-3-14(11-16)6-5-13-7-9-15(18)10-8-13/h2-4,7-11,18H,1H3. The first kappa shape index (κ1) is 12.7. The summed E-state index contributed by atoms with van der Waals surface area (Å²) >= 11 is 0. The number of phenolic OH excluding ortho intramolecular Hbond substituents is 1. The first-order chi connectivity index (χ1) is 9.13. The molecule has 0 atom stereocenters. The number of carbonyl (C=O) groups is 1. The predicted octanol–water partition coefficient (Wildman–Crippen LogP) is 2.72. The molecule has 0 aliphatic heterocycles. The molecule has 2 aromatic carbocycles. The van der Waals surface area contributed by atoms with Crippen LogP contribution in [0.2, 0.25) is 0 Å². The zero-order valence-corrected chi connectivity index (χ0v) is 10.4. The van der Waals surface area contributed by atoms with Crippen molar-refractivity contribution in [1.29, 1.82) is 0 Å². The van der Waals surface area contributed by atoms with Gasteiger partial charge in [0.1, 0.15) is 11.5 Å². The fraction of sp³-hybridized carbons (Fsp3) is 0.0625. The van der Waals surface area contributed by atoms with E-state index >= 15 is 0 Å². The Morgan fingerprint density at radius 3 is 2.42 bits per heavy atom. The molecule has 0 amide bonds. The molecule has 0 aliphatic rings. The van der Waals surface area contributed by atoms with E-state index in [1.807, 2.05) is 6.07 Å². The van der Waals surface area contributed by atoms with E-state index in [9.17, 15) is 4.79 Å². The molecule has 1 N–H and O–H groups in total. The van der Waals surface area contributed by atoms with Crippen molar-refractivity contribution in [3.05, 3.63) is 59.7 Å². The fourth-order valence-corrected chi connectivity index (χ4v) is 1.49. The average Bonchev–Trinajstić information content (AvgIpc) is 2.38. The summed E-state index contributed by atoms with van der Waals surface area (Å²) in [4.78, 5) is 10.9. The van der Waals surface area contributed by atoms with Gasteiger partial charge in [-0.1, -0.05) is 17.9 Å². The largest absolute Gasteiger partial charge is 0.508 e. The van der Waals surface area contributed by atoms with Gasteiger partial charge in [0.2, 0.25) is 0 Å². The van der Waals surface area contributed by atoms with Gasteiger partial charge in [-0.05, 0) is 42.5 Å². The van der Waals surface area contributed by atoms with E-state index in [0.29, 0.717) is 5.75 Å². The van der Waals surface area contributed by atoms with Crippen molar-refractivity contribution < 1.29 is 14.6 Å². The van der Waals surface area contributed by atoms with Crippen molar-refractivity contribution in [2.24, 2.45) is 0 Å². The Balaban J connectivity index is 2.19. The number of esters is 1. The Hall–Kier alpha value is -2.73. The molecule has 0 saturated carbocycles. The number of ether oxygens (including phenoxy) is 1. The molecule has 0 saturated heterocycles. The molecule has 0 aromatic heterocycles. The van der Waals surface area contributed by atoms with Crippen LogP contribution in [-0.4, -0.2) is 11.1 Å². The van der Waals surface area contributed by atoms with Crippen LogP contribution in [0, 0.1) is 11.8 Å². The summed E-state index contributed by atoms with van der Waals surface area (Å²) in [6, 6.07) is 13.6. The third-order valence-electron chi connectivity index (χ3n) is 2.31. The molecule has 2 aromatic rings. The maximum atomic E-state index is 10.9. The first-order valence-corrected chi connectivity index (χ1v) is 5.73. The summed E-state index contributed by atoms with van der Waals surface area (Å²) in [6.07, 6.45) is 0. The number of benzene rings is 2. The summed E-state index contributed by atoms with van der Waals surface area (Å²) < 4.78 is 4.98. The lowest BCUT2D eigenvalue weighted by Gasteiger charge is -2.00. The van der Waals surface area contributed by atoms with E-state index in [1.165, 1.54) is 6.92 Å². The van der Waals surface area contributed by atoms with Crippen molar-refractivity contribution in [2.45, 2.75) is 6.92 Å². The van der Waals surface area contributed by atoms with Gasteiger partial charge in [0.05, 0.1) is 0 Å². The highest BCUT2D eigenvalue weighted by atomic mass is 16.5. The third kappa shape index (κ3) is 3.90. The summed E-state index contributed by atoms with van der Waals surface area (Å²) in [6.45, 7) is 1.36. The Labute approximate surface area is 111 Å². The van der Waals surface area contributed by atoms with Gasteiger partial charge in [-0.15, -0.1) is 0 Å². The molecule has 0 radical (unpaired) electrons. The highest BCUT2D eigenvalue weighted by Gasteiger charge is 1.97. The first-order valence-electron chi connectivity index (χ1n) is 5.73. The van der Waals surface area contributed by atoms with Crippen LogP contribution >= 0.6 is 0 Å². The highest BCUT2D eigenvalue weighted by molar-refractivity contribution is 5.69. The summed E-state index contributed by atoms with van der Waals surface area (Å²) in [5.41, 5.74) is 1.56. The second kappa shape index (κ2) is 5.74. The van der Waals surface area contributed by atoms with E-state index in [0.717, 1.165) is 11.1 Å². The van der Waals surface area contributed by atoms with Crippen molar-refractivity contribution in [3.8, 4) is 23.3 Å². The monoisotopic (exact) mass is 252 g/mol. The summed E-state index contributed by atoms with van der Waals surface area (Å²) in [7, 11) is 0. The molecule has 3 heteroatoms. The molecule has 3 nitrogen and oxygen atoms in total. The van der Waals surface area contributed by atoms with Crippen molar-refractivity contribution >= 4 is 5.97 Å². The maximum Gasteiger partial charge on any atom is 0.308 e. The van der Waals surface area contributed by atoms with E-state index < -0.39 is 0 Å². The molecule has 0 spiro atoms. The zero-order valence-electron chi connectivity index (χ0n) is 10.4. The van der Waals surface area contributed by atoms with E-state index in [2.05, 4.69) is 11.8 Å². The molecule has 0 heterocycles. The van der Waals surface area contributed by atoms with Crippen LogP contribution in [0.4, 0.5) is 0 Å². The van der Waals surface area contributed by atoms with Crippen molar-refractivity contribution in [2.75, 3.05) is 0 Å². The van der Waals surface area contributed by atoms with E-state index in [4.69, 9.17) is 9.84 Å². The molecular weight excluding hydrogens is 240 g/mol. The van der Waals surface area contributed by atoms with Gasteiger partial charge in [-0.25, -0.2) is 0 Å². The number of carbonyl (C=O) groups excluding carboxylic acids is 1.